The van der Waals surface area contributed by atoms with Crippen LogP contribution in [0.1, 0.15) is 48.5 Å². The molecule has 1 aromatic carbocycles. The van der Waals surface area contributed by atoms with Gasteiger partial charge in [0, 0.05) is 12.6 Å². The summed E-state index contributed by atoms with van der Waals surface area (Å²) in [6.07, 6.45) is 3.81. The van der Waals surface area contributed by atoms with Gasteiger partial charge in [-0.1, -0.05) is 13.0 Å². The van der Waals surface area contributed by atoms with Crippen molar-refractivity contribution in [2.75, 3.05) is 6.54 Å². The first-order valence-corrected chi connectivity index (χ1v) is 6.81. The smallest absolute Gasteiger partial charge is 0.257 e. The van der Waals surface area contributed by atoms with Crippen molar-refractivity contribution in [2.24, 2.45) is 0 Å². The van der Waals surface area contributed by atoms with Crippen molar-refractivity contribution < 1.29 is 13.6 Å². The summed E-state index contributed by atoms with van der Waals surface area (Å²) in [6, 6.07) is 2.98. The topological polar surface area (TPSA) is 20.3 Å². The number of carbonyl (C=O) groups excluding carboxylic acids is 1. The average Bonchev–Trinajstić information content (AvgIpc) is 2.44. The van der Waals surface area contributed by atoms with E-state index >= 15 is 0 Å². The SMILES string of the molecule is CC[C@@H]1CCCCN1C(=O)c1ccc(C)c(F)c1F. The predicted molar refractivity (Wildman–Crippen MR) is 70.1 cm³/mol. The number of nitrogens with zero attached hydrogens (tertiary/aromatic N) is 1. The third-order valence-corrected chi connectivity index (χ3v) is 3.87. The molecule has 0 aromatic heterocycles. The summed E-state index contributed by atoms with van der Waals surface area (Å²) in [4.78, 5) is 14.1. The monoisotopic (exact) mass is 267 g/mol. The molecule has 1 fully saturated rings. The Morgan fingerprint density at radius 3 is 2.74 bits per heavy atom. The molecule has 2 rings (SSSR count). The maximum absolute atomic E-state index is 13.9. The highest BCUT2D eigenvalue weighted by Crippen LogP contribution is 2.24. The van der Waals surface area contributed by atoms with Crippen LogP contribution in [0.5, 0.6) is 0 Å². The van der Waals surface area contributed by atoms with E-state index < -0.39 is 11.6 Å². The van der Waals surface area contributed by atoms with E-state index in [-0.39, 0.29) is 23.1 Å². The Morgan fingerprint density at radius 1 is 1.32 bits per heavy atom. The van der Waals surface area contributed by atoms with E-state index in [4.69, 9.17) is 0 Å². The Balaban J connectivity index is 2.31. The zero-order valence-electron chi connectivity index (χ0n) is 11.4. The Hall–Kier alpha value is -1.45. The number of hydrogen-bond acceptors (Lipinski definition) is 1. The molecule has 19 heavy (non-hydrogen) atoms. The fourth-order valence-corrected chi connectivity index (χ4v) is 2.66. The number of piperidine rings is 1. The molecule has 1 aliphatic heterocycles. The summed E-state index contributed by atoms with van der Waals surface area (Å²) in [5, 5.41) is 0. The van der Waals surface area contributed by atoms with Gasteiger partial charge in [0.05, 0.1) is 5.56 Å². The molecule has 1 atom stereocenters. The van der Waals surface area contributed by atoms with Gasteiger partial charge in [-0.05, 0) is 44.2 Å². The molecule has 1 saturated heterocycles. The van der Waals surface area contributed by atoms with E-state index in [0.717, 1.165) is 25.7 Å². The van der Waals surface area contributed by atoms with E-state index in [1.54, 1.807) is 4.90 Å². The number of likely N-dealkylation sites (tertiary alicyclic amines) is 1. The van der Waals surface area contributed by atoms with Gasteiger partial charge in [0.1, 0.15) is 0 Å². The first kappa shape index (κ1) is 14.0. The van der Waals surface area contributed by atoms with Gasteiger partial charge < -0.3 is 4.90 Å². The summed E-state index contributed by atoms with van der Waals surface area (Å²) in [7, 11) is 0. The van der Waals surface area contributed by atoms with Crippen LogP contribution in [0.2, 0.25) is 0 Å². The maximum atomic E-state index is 13.9. The number of halogens is 2. The molecular weight excluding hydrogens is 248 g/mol. The molecule has 1 aliphatic rings. The third-order valence-electron chi connectivity index (χ3n) is 3.87. The number of carbonyl (C=O) groups is 1. The molecule has 0 spiro atoms. The van der Waals surface area contributed by atoms with Gasteiger partial charge in [0.25, 0.3) is 5.91 Å². The minimum Gasteiger partial charge on any atom is -0.336 e. The van der Waals surface area contributed by atoms with Gasteiger partial charge >= 0.3 is 0 Å². The largest absolute Gasteiger partial charge is 0.336 e. The highest BCUT2D eigenvalue weighted by Gasteiger charge is 2.28. The number of hydrogen-bond donors (Lipinski definition) is 0. The molecule has 1 heterocycles. The molecule has 1 aromatic rings. The van der Waals surface area contributed by atoms with E-state index in [0.29, 0.717) is 6.54 Å². The Kier molecular flexibility index (Phi) is 4.17. The van der Waals surface area contributed by atoms with Crippen LogP contribution in [0, 0.1) is 18.6 Å². The minimum absolute atomic E-state index is 0.144. The van der Waals surface area contributed by atoms with Gasteiger partial charge in [-0.2, -0.15) is 0 Å². The lowest BCUT2D eigenvalue weighted by Crippen LogP contribution is -2.43. The van der Waals surface area contributed by atoms with Crippen molar-refractivity contribution in [2.45, 2.75) is 45.6 Å². The molecule has 2 nitrogen and oxygen atoms in total. The van der Waals surface area contributed by atoms with Crippen molar-refractivity contribution in [3.8, 4) is 0 Å². The first-order valence-electron chi connectivity index (χ1n) is 6.81. The summed E-state index contributed by atoms with van der Waals surface area (Å²) in [6.45, 7) is 4.14. The van der Waals surface area contributed by atoms with Gasteiger partial charge in [0.15, 0.2) is 11.6 Å². The van der Waals surface area contributed by atoms with Gasteiger partial charge in [-0.3, -0.25) is 4.79 Å². The van der Waals surface area contributed by atoms with Crippen LogP contribution in [-0.2, 0) is 0 Å². The van der Waals surface area contributed by atoms with E-state index in [2.05, 4.69) is 0 Å². The van der Waals surface area contributed by atoms with Crippen LogP contribution >= 0.6 is 0 Å². The second-order valence-electron chi connectivity index (χ2n) is 5.11. The molecule has 0 bridgehead atoms. The first-order chi connectivity index (χ1) is 9.06. The second-order valence-corrected chi connectivity index (χ2v) is 5.11. The number of rotatable bonds is 2. The Labute approximate surface area is 112 Å². The van der Waals surface area contributed by atoms with E-state index in [1.807, 2.05) is 6.92 Å². The number of amides is 1. The van der Waals surface area contributed by atoms with E-state index in [9.17, 15) is 13.6 Å². The van der Waals surface area contributed by atoms with Crippen molar-refractivity contribution in [1.29, 1.82) is 0 Å². The lowest BCUT2D eigenvalue weighted by molar-refractivity contribution is 0.0602. The van der Waals surface area contributed by atoms with Crippen molar-refractivity contribution >= 4 is 5.91 Å². The summed E-state index contributed by atoms with van der Waals surface area (Å²) >= 11 is 0. The van der Waals surface area contributed by atoms with Gasteiger partial charge in [-0.25, -0.2) is 8.78 Å². The van der Waals surface area contributed by atoms with Crippen LogP contribution in [0.3, 0.4) is 0 Å². The molecule has 1 amide bonds. The van der Waals surface area contributed by atoms with Crippen molar-refractivity contribution in [3.05, 3.63) is 34.9 Å². The molecule has 0 radical (unpaired) electrons. The third kappa shape index (κ3) is 2.62. The number of benzene rings is 1. The molecule has 104 valence electrons. The van der Waals surface area contributed by atoms with Crippen molar-refractivity contribution in [3.63, 3.8) is 0 Å². The summed E-state index contributed by atoms with van der Waals surface area (Å²) in [5.74, 6) is -2.33. The number of aryl methyl sites for hydroxylation is 1. The fraction of sp³-hybridized carbons (Fsp3) is 0.533. The lowest BCUT2D eigenvalue weighted by atomic mass is 9.98. The molecule has 0 N–H and O–H groups in total. The standard InChI is InChI=1S/C15H19F2NO/c1-3-11-6-4-5-9-18(11)15(19)12-8-7-10(2)13(16)14(12)17/h7-8,11H,3-6,9H2,1-2H3/t11-/m1/s1. The van der Waals surface area contributed by atoms with Crippen LogP contribution in [0.25, 0.3) is 0 Å². The lowest BCUT2D eigenvalue weighted by Gasteiger charge is -2.35. The van der Waals surface area contributed by atoms with Gasteiger partial charge in [-0.15, -0.1) is 0 Å². The zero-order valence-corrected chi connectivity index (χ0v) is 11.4. The van der Waals surface area contributed by atoms with Crippen LogP contribution in [0.4, 0.5) is 8.78 Å². The van der Waals surface area contributed by atoms with E-state index in [1.165, 1.54) is 19.1 Å². The summed E-state index contributed by atoms with van der Waals surface area (Å²) in [5.41, 5.74) is 0.0724. The van der Waals surface area contributed by atoms with Crippen molar-refractivity contribution in [1.82, 2.24) is 4.90 Å². The highest BCUT2D eigenvalue weighted by molar-refractivity contribution is 5.94. The molecule has 0 unspecified atom stereocenters. The molecule has 4 heteroatoms. The summed E-state index contributed by atoms with van der Waals surface area (Å²) < 4.78 is 27.4. The minimum atomic E-state index is -1.02. The maximum Gasteiger partial charge on any atom is 0.257 e. The fourth-order valence-electron chi connectivity index (χ4n) is 2.66. The van der Waals surface area contributed by atoms with Crippen LogP contribution in [0.15, 0.2) is 12.1 Å². The highest BCUT2D eigenvalue weighted by atomic mass is 19.2. The van der Waals surface area contributed by atoms with Crippen LogP contribution < -0.4 is 0 Å². The average molecular weight is 267 g/mol. The Bertz CT molecular complexity index is 487. The van der Waals surface area contributed by atoms with Gasteiger partial charge in [0.2, 0.25) is 0 Å². The quantitative estimate of drug-likeness (QED) is 0.800. The second kappa shape index (κ2) is 5.68. The molecular formula is C15H19F2NO. The predicted octanol–water partition coefficient (Wildman–Crippen LogP) is 3.68. The Morgan fingerprint density at radius 2 is 2.05 bits per heavy atom. The van der Waals surface area contributed by atoms with Crippen LogP contribution in [-0.4, -0.2) is 23.4 Å². The molecule has 0 saturated carbocycles. The normalized spacial score (nSPS) is 19.6. The molecule has 0 aliphatic carbocycles. The zero-order chi connectivity index (χ0) is 14.0.